The Morgan fingerprint density at radius 3 is 2.61 bits per heavy atom. The van der Waals surface area contributed by atoms with Crippen molar-refractivity contribution in [1.82, 2.24) is 4.90 Å². The lowest BCUT2D eigenvalue weighted by molar-refractivity contribution is -0.139. The zero-order valence-corrected chi connectivity index (χ0v) is 9.93. The van der Waals surface area contributed by atoms with Crippen LogP contribution in [0.4, 0.5) is 18.9 Å². The minimum atomic E-state index is -4.27. The molecule has 0 spiro atoms. The van der Waals surface area contributed by atoms with Gasteiger partial charge in [-0.05, 0) is 38.1 Å². The number of fused-ring (bicyclic) bond motifs is 1. The van der Waals surface area contributed by atoms with Crippen LogP contribution in [-0.4, -0.2) is 24.5 Å². The lowest BCUT2D eigenvalue weighted by Crippen LogP contribution is -2.43. The van der Waals surface area contributed by atoms with Crippen LogP contribution < -0.4 is 5.32 Å². The van der Waals surface area contributed by atoms with E-state index in [4.69, 9.17) is 0 Å². The molecule has 0 aromatic heterocycles. The summed E-state index contributed by atoms with van der Waals surface area (Å²) in [7, 11) is 0. The summed E-state index contributed by atoms with van der Waals surface area (Å²) in [6, 6.07) is 4.34. The van der Waals surface area contributed by atoms with Crippen molar-refractivity contribution in [2.45, 2.75) is 25.1 Å². The first-order valence-electron chi connectivity index (χ1n) is 6.25. The molecule has 5 heteroatoms. The summed E-state index contributed by atoms with van der Waals surface area (Å²) in [6.45, 7) is 2.57. The van der Waals surface area contributed by atoms with Crippen molar-refractivity contribution in [1.29, 1.82) is 0 Å². The van der Waals surface area contributed by atoms with Gasteiger partial charge in [0.25, 0.3) is 0 Å². The number of hydrogen-bond acceptors (Lipinski definition) is 2. The average molecular weight is 256 g/mol. The maximum Gasteiger partial charge on any atom is 0.416 e. The summed E-state index contributed by atoms with van der Waals surface area (Å²) >= 11 is 0. The molecule has 3 rings (SSSR count). The number of nitrogens with one attached hydrogen (secondary N) is 1. The molecule has 2 nitrogen and oxygen atoms in total. The molecule has 2 aliphatic rings. The fourth-order valence-electron chi connectivity index (χ4n) is 2.83. The van der Waals surface area contributed by atoms with Gasteiger partial charge in [-0.3, -0.25) is 4.90 Å². The molecule has 0 aliphatic carbocycles. The number of anilines is 1. The monoisotopic (exact) mass is 256 g/mol. The molecule has 1 aromatic rings. The molecular formula is C13H15F3N2. The predicted octanol–water partition coefficient (Wildman–Crippen LogP) is 3.27. The Morgan fingerprint density at radius 2 is 2.00 bits per heavy atom. The highest BCUT2D eigenvalue weighted by atomic mass is 19.4. The highest BCUT2D eigenvalue weighted by Crippen LogP contribution is 2.44. The summed E-state index contributed by atoms with van der Waals surface area (Å²) in [5.41, 5.74) is 0.605. The van der Waals surface area contributed by atoms with E-state index < -0.39 is 11.7 Å². The summed E-state index contributed by atoms with van der Waals surface area (Å²) in [5, 5.41) is 3.08. The molecule has 1 unspecified atom stereocenters. The van der Waals surface area contributed by atoms with Crippen molar-refractivity contribution < 1.29 is 13.2 Å². The van der Waals surface area contributed by atoms with Gasteiger partial charge in [0, 0.05) is 23.8 Å². The topological polar surface area (TPSA) is 15.3 Å². The lowest BCUT2D eigenvalue weighted by atomic mass is 9.90. The Morgan fingerprint density at radius 1 is 1.22 bits per heavy atom. The Hall–Kier alpha value is -1.23. The van der Waals surface area contributed by atoms with Crippen LogP contribution in [0.15, 0.2) is 18.2 Å². The largest absolute Gasteiger partial charge is 0.416 e. The Bertz CT molecular complexity index is 452. The van der Waals surface area contributed by atoms with Crippen LogP contribution in [0.2, 0.25) is 0 Å². The van der Waals surface area contributed by atoms with E-state index in [0.29, 0.717) is 11.3 Å². The van der Waals surface area contributed by atoms with Crippen LogP contribution in [-0.2, 0) is 6.18 Å². The third kappa shape index (κ3) is 1.86. The van der Waals surface area contributed by atoms with E-state index in [-0.39, 0.29) is 6.04 Å². The summed E-state index contributed by atoms with van der Waals surface area (Å²) < 4.78 is 39.3. The molecule has 98 valence electrons. The van der Waals surface area contributed by atoms with Crippen molar-refractivity contribution in [3.63, 3.8) is 0 Å². The van der Waals surface area contributed by atoms with E-state index in [1.54, 1.807) is 6.07 Å². The van der Waals surface area contributed by atoms with Crippen LogP contribution in [0.5, 0.6) is 0 Å². The first-order chi connectivity index (χ1) is 8.57. The number of halogens is 3. The molecule has 0 amide bonds. The molecule has 1 N–H and O–H groups in total. The lowest BCUT2D eigenvalue weighted by Gasteiger charge is -2.42. The smallest absolute Gasteiger partial charge is 0.385 e. The molecule has 1 fully saturated rings. The molecule has 0 radical (unpaired) electrons. The van der Waals surface area contributed by atoms with E-state index in [1.165, 1.54) is 12.1 Å². The van der Waals surface area contributed by atoms with E-state index in [9.17, 15) is 13.2 Å². The molecule has 1 aromatic carbocycles. The van der Waals surface area contributed by atoms with Gasteiger partial charge in [0.2, 0.25) is 0 Å². The molecule has 1 saturated heterocycles. The summed E-state index contributed by atoms with van der Waals surface area (Å²) in [5.74, 6) is 0. The van der Waals surface area contributed by atoms with E-state index in [1.807, 2.05) is 0 Å². The number of rotatable bonds is 1. The SMILES string of the molecule is FC(F)(F)c1cccc2c1C(N1CCC1)CCN2. The zero-order chi connectivity index (χ0) is 12.8. The molecule has 0 saturated carbocycles. The number of hydrogen-bond donors (Lipinski definition) is 1. The second-order valence-electron chi connectivity index (χ2n) is 4.89. The Labute approximate surface area is 104 Å². The number of likely N-dealkylation sites (tertiary alicyclic amines) is 1. The van der Waals surface area contributed by atoms with Gasteiger partial charge >= 0.3 is 6.18 Å². The minimum Gasteiger partial charge on any atom is -0.385 e. The van der Waals surface area contributed by atoms with Crippen molar-refractivity contribution in [2.24, 2.45) is 0 Å². The van der Waals surface area contributed by atoms with Gasteiger partial charge < -0.3 is 5.32 Å². The van der Waals surface area contributed by atoms with Gasteiger partial charge in [-0.25, -0.2) is 0 Å². The molecular weight excluding hydrogens is 241 g/mol. The fourth-order valence-corrected chi connectivity index (χ4v) is 2.83. The van der Waals surface area contributed by atoms with Crippen LogP contribution in [0.1, 0.15) is 30.0 Å². The highest BCUT2D eigenvalue weighted by molar-refractivity contribution is 5.59. The molecule has 0 bridgehead atoms. The van der Waals surface area contributed by atoms with E-state index >= 15 is 0 Å². The third-order valence-corrected chi connectivity index (χ3v) is 3.81. The van der Waals surface area contributed by atoms with Crippen molar-refractivity contribution in [3.05, 3.63) is 29.3 Å². The second kappa shape index (κ2) is 4.16. The third-order valence-electron chi connectivity index (χ3n) is 3.81. The van der Waals surface area contributed by atoms with Gasteiger partial charge in [0.1, 0.15) is 0 Å². The zero-order valence-electron chi connectivity index (χ0n) is 9.93. The standard InChI is InChI=1S/C13H15F3N2/c14-13(15,16)9-3-1-4-10-12(9)11(5-6-17-10)18-7-2-8-18/h1,3-4,11,17H,2,5-8H2. The first-order valence-corrected chi connectivity index (χ1v) is 6.25. The van der Waals surface area contributed by atoms with Crippen LogP contribution in [0, 0.1) is 0 Å². The minimum absolute atomic E-state index is 0.0761. The quantitative estimate of drug-likeness (QED) is 0.829. The maximum atomic E-state index is 13.1. The summed E-state index contributed by atoms with van der Waals surface area (Å²) in [4.78, 5) is 2.15. The molecule has 18 heavy (non-hydrogen) atoms. The predicted molar refractivity (Wildman–Crippen MR) is 63.5 cm³/mol. The van der Waals surface area contributed by atoms with Gasteiger partial charge in [-0.15, -0.1) is 0 Å². The summed E-state index contributed by atoms with van der Waals surface area (Å²) in [6.07, 6.45) is -2.43. The average Bonchev–Trinajstić information content (AvgIpc) is 2.25. The van der Waals surface area contributed by atoms with Crippen molar-refractivity contribution in [3.8, 4) is 0 Å². The van der Waals surface area contributed by atoms with Gasteiger partial charge in [-0.1, -0.05) is 6.07 Å². The Balaban J connectivity index is 2.07. The maximum absolute atomic E-state index is 13.1. The molecule has 2 aliphatic heterocycles. The number of alkyl halides is 3. The fraction of sp³-hybridized carbons (Fsp3) is 0.538. The van der Waals surface area contributed by atoms with Crippen LogP contribution in [0.3, 0.4) is 0 Å². The van der Waals surface area contributed by atoms with Gasteiger partial charge in [-0.2, -0.15) is 13.2 Å². The van der Waals surface area contributed by atoms with E-state index in [0.717, 1.165) is 32.5 Å². The van der Waals surface area contributed by atoms with Gasteiger partial charge in [0.15, 0.2) is 0 Å². The molecule has 1 atom stereocenters. The van der Waals surface area contributed by atoms with E-state index in [2.05, 4.69) is 10.2 Å². The first kappa shape index (κ1) is 11.8. The second-order valence-corrected chi connectivity index (χ2v) is 4.89. The number of nitrogens with zero attached hydrogens (tertiary/aromatic N) is 1. The van der Waals surface area contributed by atoms with Crippen molar-refractivity contribution in [2.75, 3.05) is 25.0 Å². The van der Waals surface area contributed by atoms with Gasteiger partial charge in [0.05, 0.1) is 5.56 Å². The Kier molecular flexibility index (Phi) is 2.73. The molecule has 2 heterocycles. The highest BCUT2D eigenvalue weighted by Gasteiger charge is 2.39. The van der Waals surface area contributed by atoms with Crippen LogP contribution in [0.25, 0.3) is 0 Å². The van der Waals surface area contributed by atoms with Crippen molar-refractivity contribution >= 4 is 5.69 Å². The number of benzene rings is 1. The normalized spacial score (nSPS) is 24.1. The van der Waals surface area contributed by atoms with Crippen LogP contribution >= 0.6 is 0 Å².